The second-order valence-corrected chi connectivity index (χ2v) is 4.96. The van der Waals surface area contributed by atoms with E-state index in [2.05, 4.69) is 0 Å². The summed E-state index contributed by atoms with van der Waals surface area (Å²) in [6, 6.07) is 4.54. The van der Waals surface area contributed by atoms with Crippen molar-refractivity contribution in [1.82, 2.24) is 0 Å². The Hall–Kier alpha value is -0.220. The largest absolute Gasteiger partial charge is 0.508 e. The minimum absolute atomic E-state index is 0.0283. The molecule has 3 N–H and O–H groups in total. The van der Waals surface area contributed by atoms with Gasteiger partial charge in [0.15, 0.2) is 0 Å². The summed E-state index contributed by atoms with van der Waals surface area (Å²) in [5.41, 5.74) is 6.14. The number of hydrogen-bond donors (Lipinski definition) is 2. The predicted molar refractivity (Wildman–Crippen MR) is 63.0 cm³/mol. The topological polar surface area (TPSA) is 46.2 Å². The Morgan fingerprint density at radius 1 is 1.29 bits per heavy atom. The molecule has 0 aromatic heterocycles. The zero-order chi connectivity index (χ0) is 10.7. The smallest absolute Gasteiger partial charge is 0.132 e. The van der Waals surface area contributed by atoms with Gasteiger partial charge in [0.2, 0.25) is 0 Å². The summed E-state index contributed by atoms with van der Waals surface area (Å²) < 4.78 is 0.185. The highest BCUT2D eigenvalue weighted by atomic mass is 35.5. The predicted octanol–water partition coefficient (Wildman–Crippen LogP) is 3.91. The number of phenolic OH excluding ortho intramolecular Hbond substituents is 1. The molecule has 0 amide bonds. The molecule has 1 aromatic carbocycles. The van der Waals surface area contributed by atoms with Gasteiger partial charge in [0.05, 0.1) is 0 Å². The third kappa shape index (κ3) is 3.17. The normalized spacial score (nSPS) is 9.93. The highest BCUT2D eigenvalue weighted by Gasteiger charge is 2.06. The Morgan fingerprint density at radius 3 is 2.50 bits per heavy atom. The van der Waals surface area contributed by atoms with E-state index in [-0.39, 0.29) is 14.6 Å². The molecule has 76 valence electrons. The van der Waals surface area contributed by atoms with Gasteiger partial charge < -0.3 is 10.8 Å². The van der Waals surface area contributed by atoms with E-state index in [0.717, 1.165) is 11.8 Å². The standard InChI is InChI=1S/C8H6Cl3NOS/c9-7(10)8(11)14-6-3-4(13)1-2-5(6)12/h1-3,13H,12H2. The summed E-state index contributed by atoms with van der Waals surface area (Å²) in [6.07, 6.45) is 0. The van der Waals surface area contributed by atoms with Gasteiger partial charge in [-0.15, -0.1) is 0 Å². The fourth-order valence-corrected chi connectivity index (χ4v) is 1.86. The maximum absolute atomic E-state index is 9.19. The van der Waals surface area contributed by atoms with Crippen LogP contribution in [-0.4, -0.2) is 5.11 Å². The van der Waals surface area contributed by atoms with Crippen molar-refractivity contribution in [3.8, 4) is 5.75 Å². The van der Waals surface area contributed by atoms with E-state index in [1.54, 1.807) is 6.07 Å². The van der Waals surface area contributed by atoms with Gasteiger partial charge in [0.1, 0.15) is 14.6 Å². The SMILES string of the molecule is Nc1ccc(O)cc1SC(Cl)=C(Cl)Cl. The number of rotatable bonds is 2. The number of phenols is 1. The maximum atomic E-state index is 9.19. The van der Waals surface area contributed by atoms with E-state index in [0.29, 0.717) is 10.6 Å². The lowest BCUT2D eigenvalue weighted by Gasteiger charge is -2.04. The number of halogens is 3. The lowest BCUT2D eigenvalue weighted by Crippen LogP contribution is -1.87. The highest BCUT2D eigenvalue weighted by molar-refractivity contribution is 8.04. The van der Waals surface area contributed by atoms with Gasteiger partial charge >= 0.3 is 0 Å². The molecule has 2 nitrogen and oxygen atoms in total. The molecule has 1 rings (SSSR count). The highest BCUT2D eigenvalue weighted by Crippen LogP contribution is 2.38. The van der Waals surface area contributed by atoms with E-state index in [4.69, 9.17) is 40.5 Å². The Balaban J connectivity index is 2.97. The molecule has 0 spiro atoms. The Labute approximate surface area is 101 Å². The molecule has 0 saturated carbocycles. The molecule has 0 aliphatic carbocycles. The summed E-state index contributed by atoms with van der Waals surface area (Å²) in [5.74, 6) is 0.108. The lowest BCUT2D eigenvalue weighted by molar-refractivity contribution is 0.474. The molecule has 0 aliphatic rings. The summed E-state index contributed by atoms with van der Waals surface area (Å²) >= 11 is 17.7. The third-order valence-electron chi connectivity index (χ3n) is 1.35. The van der Waals surface area contributed by atoms with Gasteiger partial charge in [0.25, 0.3) is 0 Å². The van der Waals surface area contributed by atoms with Crippen molar-refractivity contribution >= 4 is 52.3 Å². The van der Waals surface area contributed by atoms with Crippen LogP contribution in [0.3, 0.4) is 0 Å². The summed E-state index contributed by atoms with van der Waals surface area (Å²) in [5, 5.41) is 9.19. The second kappa shape index (κ2) is 5.03. The molecule has 0 bridgehead atoms. The van der Waals surface area contributed by atoms with E-state index in [1.807, 2.05) is 0 Å². The zero-order valence-electron chi connectivity index (χ0n) is 6.80. The molecule has 0 heterocycles. The van der Waals surface area contributed by atoms with E-state index in [1.165, 1.54) is 12.1 Å². The first kappa shape index (κ1) is 11.9. The van der Waals surface area contributed by atoms with Gasteiger partial charge in [-0.2, -0.15) is 0 Å². The van der Waals surface area contributed by atoms with Crippen LogP contribution in [0.2, 0.25) is 0 Å². The first-order valence-electron chi connectivity index (χ1n) is 3.48. The third-order valence-corrected chi connectivity index (χ3v) is 3.52. The van der Waals surface area contributed by atoms with E-state index < -0.39 is 0 Å². The molecular weight excluding hydrogens is 265 g/mol. The minimum atomic E-state index is -0.0283. The molecule has 1 aromatic rings. The molecule has 0 atom stereocenters. The maximum Gasteiger partial charge on any atom is 0.132 e. The van der Waals surface area contributed by atoms with Crippen molar-refractivity contribution in [2.45, 2.75) is 4.90 Å². The van der Waals surface area contributed by atoms with Gasteiger partial charge in [-0.25, -0.2) is 0 Å². The van der Waals surface area contributed by atoms with Crippen LogP contribution in [0.15, 0.2) is 32.0 Å². The molecule has 0 saturated heterocycles. The molecule has 6 heteroatoms. The fraction of sp³-hybridized carbons (Fsp3) is 0. The van der Waals surface area contributed by atoms with Crippen LogP contribution >= 0.6 is 46.6 Å². The molecule has 0 radical (unpaired) electrons. The number of benzene rings is 1. The van der Waals surface area contributed by atoms with Crippen LogP contribution in [0.25, 0.3) is 0 Å². The number of thioether (sulfide) groups is 1. The average molecular weight is 271 g/mol. The lowest BCUT2D eigenvalue weighted by atomic mass is 10.3. The monoisotopic (exact) mass is 269 g/mol. The van der Waals surface area contributed by atoms with Crippen molar-refractivity contribution in [3.63, 3.8) is 0 Å². The Bertz CT molecular complexity index is 377. The summed E-state index contributed by atoms with van der Waals surface area (Å²) in [6.45, 7) is 0. The molecule has 0 unspecified atom stereocenters. The summed E-state index contributed by atoms with van der Waals surface area (Å²) in [7, 11) is 0. The number of nitrogen functional groups attached to an aromatic ring is 1. The average Bonchev–Trinajstić information content (AvgIpc) is 2.11. The first-order chi connectivity index (χ1) is 6.50. The van der Waals surface area contributed by atoms with E-state index in [9.17, 15) is 5.11 Å². The van der Waals surface area contributed by atoms with E-state index >= 15 is 0 Å². The van der Waals surface area contributed by atoms with Crippen molar-refractivity contribution in [1.29, 1.82) is 0 Å². The van der Waals surface area contributed by atoms with Crippen LogP contribution in [0.5, 0.6) is 5.75 Å². The van der Waals surface area contributed by atoms with Crippen LogP contribution in [0.4, 0.5) is 5.69 Å². The number of hydrogen-bond acceptors (Lipinski definition) is 3. The number of anilines is 1. The van der Waals surface area contributed by atoms with Gasteiger partial charge in [-0.3, -0.25) is 0 Å². The summed E-state index contributed by atoms with van der Waals surface area (Å²) in [4.78, 5) is 0.605. The van der Waals surface area contributed by atoms with Crippen LogP contribution in [-0.2, 0) is 0 Å². The van der Waals surface area contributed by atoms with Gasteiger partial charge in [-0.1, -0.05) is 46.6 Å². The van der Waals surface area contributed by atoms with Gasteiger partial charge in [-0.05, 0) is 18.2 Å². The number of nitrogens with two attached hydrogens (primary N) is 1. The Kier molecular flexibility index (Phi) is 4.26. The molecule has 0 aliphatic heterocycles. The second-order valence-electron chi connectivity index (χ2n) is 2.36. The van der Waals surface area contributed by atoms with Gasteiger partial charge in [0, 0.05) is 10.6 Å². The Morgan fingerprint density at radius 2 is 1.93 bits per heavy atom. The molecular formula is C8H6Cl3NOS. The van der Waals surface area contributed by atoms with Crippen molar-refractivity contribution in [2.24, 2.45) is 0 Å². The van der Waals surface area contributed by atoms with Crippen molar-refractivity contribution < 1.29 is 5.11 Å². The van der Waals surface area contributed by atoms with Crippen LogP contribution < -0.4 is 5.73 Å². The fourth-order valence-electron chi connectivity index (χ4n) is 0.747. The molecule has 0 fully saturated rings. The number of aromatic hydroxyl groups is 1. The van der Waals surface area contributed by atoms with Crippen molar-refractivity contribution in [2.75, 3.05) is 5.73 Å². The minimum Gasteiger partial charge on any atom is -0.508 e. The van der Waals surface area contributed by atoms with Crippen molar-refractivity contribution in [3.05, 3.63) is 27.1 Å². The molecule has 14 heavy (non-hydrogen) atoms. The zero-order valence-corrected chi connectivity index (χ0v) is 9.88. The first-order valence-corrected chi connectivity index (χ1v) is 5.43. The quantitative estimate of drug-likeness (QED) is 0.486. The van der Waals surface area contributed by atoms with Crippen LogP contribution in [0.1, 0.15) is 0 Å². The van der Waals surface area contributed by atoms with Crippen LogP contribution in [0, 0.1) is 0 Å².